The molecule has 0 aliphatic carbocycles. The lowest BCUT2D eigenvalue weighted by atomic mass is 9.98. The Kier molecular flexibility index (Phi) is 4.37. The van der Waals surface area contributed by atoms with Crippen LogP contribution in [0.5, 0.6) is 0 Å². The Morgan fingerprint density at radius 2 is 2.29 bits per heavy atom. The van der Waals surface area contributed by atoms with E-state index in [9.17, 15) is 0 Å². The molecule has 1 fully saturated rings. The molecule has 1 aliphatic heterocycles. The zero-order valence-electron chi connectivity index (χ0n) is 10.7. The average molecular weight is 233 g/mol. The summed E-state index contributed by atoms with van der Waals surface area (Å²) < 4.78 is 0. The number of aromatic nitrogens is 1. The highest BCUT2D eigenvalue weighted by Gasteiger charge is 2.16. The van der Waals surface area contributed by atoms with E-state index in [0.717, 1.165) is 24.8 Å². The first-order valence-electron chi connectivity index (χ1n) is 6.73. The van der Waals surface area contributed by atoms with Crippen LogP contribution in [0.1, 0.15) is 38.2 Å². The average Bonchev–Trinajstić information content (AvgIpc) is 2.64. The van der Waals surface area contributed by atoms with Gasteiger partial charge in [-0.2, -0.15) is 0 Å². The number of hydrogen-bond donors (Lipinski definition) is 1. The second-order valence-corrected chi connectivity index (χ2v) is 4.92. The van der Waals surface area contributed by atoms with Crippen LogP contribution in [0.3, 0.4) is 0 Å². The zero-order valence-corrected chi connectivity index (χ0v) is 10.7. The maximum absolute atomic E-state index is 5.68. The predicted molar refractivity (Wildman–Crippen MR) is 72.0 cm³/mol. The summed E-state index contributed by atoms with van der Waals surface area (Å²) in [5.74, 6) is 2.00. The molecular formula is C14H23N3. The molecule has 94 valence electrons. The van der Waals surface area contributed by atoms with Crippen molar-refractivity contribution in [2.75, 3.05) is 18.0 Å². The van der Waals surface area contributed by atoms with Gasteiger partial charge in [-0.15, -0.1) is 0 Å². The standard InChI is InChI=1S/C14H23N3/c1-2-12-4-3-8-17(9-6-12)14-10-13(11-15)5-7-16-14/h5,7,10,12H,2-4,6,8-9,11,15H2,1H3. The third-order valence-electron chi connectivity index (χ3n) is 3.79. The summed E-state index contributed by atoms with van der Waals surface area (Å²) >= 11 is 0. The summed E-state index contributed by atoms with van der Waals surface area (Å²) in [6.07, 6.45) is 7.13. The third-order valence-corrected chi connectivity index (χ3v) is 3.79. The Bertz CT molecular complexity index is 351. The first kappa shape index (κ1) is 12.4. The number of hydrogen-bond acceptors (Lipinski definition) is 3. The van der Waals surface area contributed by atoms with Gasteiger partial charge in [0.25, 0.3) is 0 Å². The van der Waals surface area contributed by atoms with Gasteiger partial charge in [0, 0.05) is 25.8 Å². The smallest absolute Gasteiger partial charge is 0.128 e. The highest BCUT2D eigenvalue weighted by Crippen LogP contribution is 2.23. The molecule has 0 radical (unpaired) electrons. The van der Waals surface area contributed by atoms with Gasteiger partial charge in [0.05, 0.1) is 0 Å². The number of nitrogens with zero attached hydrogens (tertiary/aromatic N) is 2. The molecule has 1 saturated heterocycles. The van der Waals surface area contributed by atoms with Crippen molar-refractivity contribution in [2.45, 2.75) is 39.2 Å². The molecule has 17 heavy (non-hydrogen) atoms. The van der Waals surface area contributed by atoms with Gasteiger partial charge < -0.3 is 10.6 Å². The maximum Gasteiger partial charge on any atom is 0.128 e. The van der Waals surface area contributed by atoms with Gasteiger partial charge in [0.2, 0.25) is 0 Å². The van der Waals surface area contributed by atoms with Crippen LogP contribution in [-0.4, -0.2) is 18.1 Å². The Hall–Kier alpha value is -1.09. The van der Waals surface area contributed by atoms with E-state index < -0.39 is 0 Å². The van der Waals surface area contributed by atoms with Crippen LogP contribution in [-0.2, 0) is 6.54 Å². The lowest BCUT2D eigenvalue weighted by molar-refractivity contribution is 0.459. The number of nitrogens with two attached hydrogens (primary N) is 1. The van der Waals surface area contributed by atoms with Crippen molar-refractivity contribution >= 4 is 5.82 Å². The van der Waals surface area contributed by atoms with Gasteiger partial charge in [-0.05, 0) is 42.9 Å². The van der Waals surface area contributed by atoms with Gasteiger partial charge in [-0.25, -0.2) is 4.98 Å². The third kappa shape index (κ3) is 3.19. The number of anilines is 1. The number of pyridine rings is 1. The first-order valence-corrected chi connectivity index (χ1v) is 6.73. The van der Waals surface area contributed by atoms with Crippen LogP contribution in [0.25, 0.3) is 0 Å². The minimum atomic E-state index is 0.598. The van der Waals surface area contributed by atoms with Crippen molar-refractivity contribution in [1.82, 2.24) is 4.98 Å². The minimum absolute atomic E-state index is 0.598. The molecular weight excluding hydrogens is 210 g/mol. The summed E-state index contributed by atoms with van der Waals surface area (Å²) in [5.41, 5.74) is 6.85. The van der Waals surface area contributed by atoms with Gasteiger partial charge >= 0.3 is 0 Å². The normalized spacial score (nSPS) is 21.3. The van der Waals surface area contributed by atoms with Crippen LogP contribution in [0.15, 0.2) is 18.3 Å². The lowest BCUT2D eigenvalue weighted by Gasteiger charge is -2.22. The highest BCUT2D eigenvalue weighted by molar-refractivity contribution is 5.41. The van der Waals surface area contributed by atoms with Crippen LogP contribution >= 0.6 is 0 Å². The fraction of sp³-hybridized carbons (Fsp3) is 0.643. The van der Waals surface area contributed by atoms with Crippen molar-refractivity contribution < 1.29 is 0 Å². The molecule has 1 aliphatic rings. The molecule has 0 spiro atoms. The molecule has 0 aromatic carbocycles. The molecule has 2 heterocycles. The summed E-state index contributed by atoms with van der Waals surface area (Å²) in [4.78, 5) is 6.89. The van der Waals surface area contributed by atoms with E-state index in [0.29, 0.717) is 6.54 Å². The molecule has 0 saturated carbocycles. The van der Waals surface area contributed by atoms with Crippen LogP contribution in [0, 0.1) is 5.92 Å². The van der Waals surface area contributed by atoms with E-state index in [1.807, 2.05) is 12.3 Å². The van der Waals surface area contributed by atoms with Crippen molar-refractivity contribution in [3.8, 4) is 0 Å². The topological polar surface area (TPSA) is 42.1 Å². The van der Waals surface area contributed by atoms with Crippen LogP contribution < -0.4 is 10.6 Å². The maximum atomic E-state index is 5.68. The minimum Gasteiger partial charge on any atom is -0.357 e. The number of rotatable bonds is 3. The molecule has 1 aromatic heterocycles. The quantitative estimate of drug-likeness (QED) is 0.872. The van der Waals surface area contributed by atoms with Crippen molar-refractivity contribution in [1.29, 1.82) is 0 Å². The van der Waals surface area contributed by atoms with Gasteiger partial charge in [-0.3, -0.25) is 0 Å². The van der Waals surface area contributed by atoms with E-state index >= 15 is 0 Å². The second kappa shape index (κ2) is 6.01. The monoisotopic (exact) mass is 233 g/mol. The fourth-order valence-electron chi connectivity index (χ4n) is 2.56. The molecule has 3 nitrogen and oxygen atoms in total. The van der Waals surface area contributed by atoms with Crippen molar-refractivity contribution in [3.05, 3.63) is 23.9 Å². The van der Waals surface area contributed by atoms with E-state index in [1.165, 1.54) is 31.2 Å². The summed E-state index contributed by atoms with van der Waals surface area (Å²) in [6.45, 7) is 5.17. The molecule has 0 amide bonds. The summed E-state index contributed by atoms with van der Waals surface area (Å²) in [7, 11) is 0. The summed E-state index contributed by atoms with van der Waals surface area (Å²) in [5, 5.41) is 0. The summed E-state index contributed by atoms with van der Waals surface area (Å²) in [6, 6.07) is 4.13. The molecule has 0 bridgehead atoms. The predicted octanol–water partition coefficient (Wildman–Crippen LogP) is 2.56. The van der Waals surface area contributed by atoms with Crippen molar-refractivity contribution in [2.24, 2.45) is 11.7 Å². The zero-order chi connectivity index (χ0) is 12.1. The first-order chi connectivity index (χ1) is 8.33. The lowest BCUT2D eigenvalue weighted by Crippen LogP contribution is -2.25. The van der Waals surface area contributed by atoms with Crippen molar-refractivity contribution in [3.63, 3.8) is 0 Å². The highest BCUT2D eigenvalue weighted by atomic mass is 15.2. The SMILES string of the molecule is CCC1CCCN(c2cc(CN)ccn2)CC1. The van der Waals surface area contributed by atoms with Crippen LogP contribution in [0.2, 0.25) is 0 Å². The van der Waals surface area contributed by atoms with E-state index in [2.05, 4.69) is 22.9 Å². The molecule has 1 aromatic rings. The van der Waals surface area contributed by atoms with Gasteiger partial charge in [0.15, 0.2) is 0 Å². The fourth-order valence-corrected chi connectivity index (χ4v) is 2.56. The Balaban J connectivity index is 2.05. The molecule has 2 rings (SSSR count). The largest absolute Gasteiger partial charge is 0.357 e. The Morgan fingerprint density at radius 1 is 1.41 bits per heavy atom. The molecule has 1 atom stereocenters. The molecule has 1 unspecified atom stereocenters. The Morgan fingerprint density at radius 3 is 3.06 bits per heavy atom. The molecule has 2 N–H and O–H groups in total. The second-order valence-electron chi connectivity index (χ2n) is 4.92. The molecule has 3 heteroatoms. The van der Waals surface area contributed by atoms with E-state index in [1.54, 1.807) is 0 Å². The van der Waals surface area contributed by atoms with E-state index in [4.69, 9.17) is 5.73 Å². The van der Waals surface area contributed by atoms with Crippen LogP contribution in [0.4, 0.5) is 5.82 Å². The van der Waals surface area contributed by atoms with Gasteiger partial charge in [0.1, 0.15) is 5.82 Å². The Labute approximate surface area is 104 Å². The van der Waals surface area contributed by atoms with Gasteiger partial charge in [-0.1, -0.05) is 13.3 Å². The van der Waals surface area contributed by atoms with E-state index in [-0.39, 0.29) is 0 Å².